The number of fused-ring (bicyclic) bond motifs is 7. The highest BCUT2D eigenvalue weighted by molar-refractivity contribution is 7.26. The van der Waals surface area contributed by atoms with Gasteiger partial charge >= 0.3 is 0 Å². The molecule has 0 bridgehead atoms. The van der Waals surface area contributed by atoms with Crippen molar-refractivity contribution in [1.29, 1.82) is 0 Å². The number of aromatic nitrogens is 1. The highest BCUT2D eigenvalue weighted by Gasteiger charge is 2.18. The molecule has 0 unspecified atom stereocenters. The van der Waals surface area contributed by atoms with E-state index in [0.29, 0.717) is 0 Å². The molecular weight excluding hydrogens is 418 g/mol. The Kier molecular flexibility index (Phi) is 3.99. The number of hydrogen-bond donors (Lipinski definition) is 0. The molecule has 156 valence electrons. The van der Waals surface area contributed by atoms with Crippen LogP contribution in [0.25, 0.3) is 58.8 Å². The average molecular weight is 440 g/mol. The first-order chi connectivity index (χ1) is 16.3. The molecule has 0 saturated carbocycles. The second-order valence-electron chi connectivity index (χ2n) is 8.71. The van der Waals surface area contributed by atoms with Crippen LogP contribution in [0.1, 0.15) is 5.56 Å². The van der Waals surface area contributed by atoms with Crippen LogP contribution < -0.4 is 0 Å². The molecule has 0 radical (unpaired) electrons. The molecule has 1 nitrogen and oxygen atoms in total. The van der Waals surface area contributed by atoms with Crippen molar-refractivity contribution in [3.8, 4) is 16.8 Å². The molecule has 0 N–H and O–H groups in total. The Morgan fingerprint density at radius 3 is 2.18 bits per heavy atom. The molecular formula is C31H21NS. The lowest BCUT2D eigenvalue weighted by molar-refractivity contribution is 1.18. The second kappa shape index (κ2) is 7.06. The first-order valence-corrected chi connectivity index (χ1v) is 12.1. The van der Waals surface area contributed by atoms with Gasteiger partial charge in [0.05, 0.1) is 15.7 Å². The van der Waals surface area contributed by atoms with Crippen LogP contribution in [0.15, 0.2) is 109 Å². The monoisotopic (exact) mass is 439 g/mol. The Bertz CT molecular complexity index is 1800. The van der Waals surface area contributed by atoms with Gasteiger partial charge in [0, 0.05) is 31.9 Å². The number of rotatable bonds is 2. The minimum absolute atomic E-state index is 1.21. The Balaban J connectivity index is 1.65. The number of nitrogens with zero attached hydrogens (tertiary/aromatic N) is 1. The molecule has 0 fully saturated rings. The zero-order chi connectivity index (χ0) is 21.9. The van der Waals surface area contributed by atoms with E-state index in [1.54, 1.807) is 0 Å². The highest BCUT2D eigenvalue weighted by Crippen LogP contribution is 2.43. The summed E-state index contributed by atoms with van der Waals surface area (Å²) in [6.45, 7) is 2.14. The molecule has 0 aliphatic heterocycles. The maximum atomic E-state index is 2.45. The zero-order valence-corrected chi connectivity index (χ0v) is 19.1. The summed E-state index contributed by atoms with van der Waals surface area (Å²) < 4.78 is 5.15. The lowest BCUT2D eigenvalue weighted by Gasteiger charge is -2.09. The molecule has 5 aromatic carbocycles. The van der Waals surface area contributed by atoms with Crippen LogP contribution in [0.4, 0.5) is 0 Å². The van der Waals surface area contributed by atoms with Crippen LogP contribution in [0.5, 0.6) is 0 Å². The Morgan fingerprint density at radius 1 is 0.576 bits per heavy atom. The molecule has 0 atom stereocenters. The minimum atomic E-state index is 1.21. The fourth-order valence-electron chi connectivity index (χ4n) is 5.05. The minimum Gasteiger partial charge on any atom is -0.308 e. The van der Waals surface area contributed by atoms with Gasteiger partial charge in [0.2, 0.25) is 0 Å². The van der Waals surface area contributed by atoms with E-state index in [0.717, 1.165) is 0 Å². The van der Waals surface area contributed by atoms with Crippen LogP contribution in [0.3, 0.4) is 0 Å². The smallest absolute Gasteiger partial charge is 0.0719 e. The van der Waals surface area contributed by atoms with E-state index in [2.05, 4.69) is 121 Å². The molecule has 7 aromatic rings. The third kappa shape index (κ3) is 2.78. The summed E-state index contributed by atoms with van der Waals surface area (Å²) in [5.41, 5.74) is 7.54. The molecule has 0 aliphatic carbocycles. The van der Waals surface area contributed by atoms with Gasteiger partial charge in [-0.1, -0.05) is 84.4 Å². The van der Waals surface area contributed by atoms with Crippen molar-refractivity contribution in [2.45, 2.75) is 6.92 Å². The summed E-state index contributed by atoms with van der Waals surface area (Å²) in [4.78, 5) is 0. The summed E-state index contributed by atoms with van der Waals surface area (Å²) >= 11 is 1.90. The third-order valence-corrected chi connectivity index (χ3v) is 7.86. The van der Waals surface area contributed by atoms with Gasteiger partial charge in [-0.15, -0.1) is 11.3 Å². The summed E-state index contributed by atoms with van der Waals surface area (Å²) in [6, 6.07) is 39.8. The van der Waals surface area contributed by atoms with E-state index in [1.807, 2.05) is 11.3 Å². The third-order valence-electron chi connectivity index (χ3n) is 6.67. The average Bonchev–Trinajstić information content (AvgIpc) is 3.40. The Labute approximate surface area is 196 Å². The van der Waals surface area contributed by atoms with Crippen LogP contribution in [-0.2, 0) is 0 Å². The largest absolute Gasteiger partial charge is 0.308 e. The Morgan fingerprint density at radius 2 is 1.33 bits per heavy atom. The molecule has 33 heavy (non-hydrogen) atoms. The normalized spacial score (nSPS) is 11.8. The van der Waals surface area contributed by atoms with Crippen molar-refractivity contribution in [3.63, 3.8) is 0 Å². The van der Waals surface area contributed by atoms with Gasteiger partial charge in [0.15, 0.2) is 0 Å². The van der Waals surface area contributed by atoms with Crippen molar-refractivity contribution in [2.24, 2.45) is 0 Å². The summed E-state index contributed by atoms with van der Waals surface area (Å²) in [6.07, 6.45) is 0. The van der Waals surface area contributed by atoms with E-state index in [-0.39, 0.29) is 0 Å². The van der Waals surface area contributed by atoms with Gasteiger partial charge in [-0.25, -0.2) is 0 Å². The van der Waals surface area contributed by atoms with Crippen LogP contribution in [0, 0.1) is 6.92 Å². The predicted molar refractivity (Wildman–Crippen MR) is 144 cm³/mol. The maximum absolute atomic E-state index is 2.45. The predicted octanol–water partition coefficient (Wildman–Crippen LogP) is 9.13. The Hall–Kier alpha value is -3.88. The molecule has 2 aromatic heterocycles. The van der Waals surface area contributed by atoms with Crippen molar-refractivity contribution in [2.75, 3.05) is 0 Å². The molecule has 2 heteroatoms. The first-order valence-electron chi connectivity index (χ1n) is 11.3. The van der Waals surface area contributed by atoms with E-state index in [4.69, 9.17) is 0 Å². The summed E-state index contributed by atoms with van der Waals surface area (Å²) in [5, 5.41) is 5.28. The number of benzene rings is 5. The molecule has 0 amide bonds. The van der Waals surface area contributed by atoms with Crippen molar-refractivity contribution in [1.82, 2.24) is 4.57 Å². The fraction of sp³-hybridized carbons (Fsp3) is 0.0323. The van der Waals surface area contributed by atoms with E-state index in [1.165, 1.54) is 64.4 Å². The topological polar surface area (TPSA) is 4.93 Å². The molecule has 0 aliphatic rings. The van der Waals surface area contributed by atoms with Gasteiger partial charge in [0.1, 0.15) is 0 Å². The van der Waals surface area contributed by atoms with Crippen LogP contribution >= 0.6 is 11.3 Å². The standard InChI is InChI=1S/C31H21NS/c1-20-11-14-23(15-12-20)32-28-18-13-22(21-7-3-2-4-8-21)19-27(28)25-16-17-26-24-9-5-6-10-29(24)33-31(26)30(25)32/h2-19H,1H3. The van der Waals surface area contributed by atoms with Crippen molar-refractivity contribution < 1.29 is 0 Å². The van der Waals surface area contributed by atoms with E-state index in [9.17, 15) is 0 Å². The van der Waals surface area contributed by atoms with Crippen LogP contribution in [-0.4, -0.2) is 4.57 Å². The second-order valence-corrected chi connectivity index (χ2v) is 9.76. The molecule has 0 spiro atoms. The van der Waals surface area contributed by atoms with Gasteiger partial charge in [-0.05, 0) is 48.4 Å². The molecule has 0 saturated heterocycles. The van der Waals surface area contributed by atoms with Gasteiger partial charge < -0.3 is 4.57 Å². The summed E-state index contributed by atoms with van der Waals surface area (Å²) in [5.74, 6) is 0. The number of thiophene rings is 1. The SMILES string of the molecule is Cc1ccc(-n2c3ccc(-c4ccccc4)cc3c3ccc4c5ccccc5sc4c32)cc1. The van der Waals surface area contributed by atoms with Gasteiger partial charge in [0.25, 0.3) is 0 Å². The molecule has 7 rings (SSSR count). The number of aryl methyl sites for hydroxylation is 1. The lowest BCUT2D eigenvalue weighted by atomic mass is 10.0. The first kappa shape index (κ1) is 18.7. The van der Waals surface area contributed by atoms with E-state index >= 15 is 0 Å². The van der Waals surface area contributed by atoms with Gasteiger partial charge in [-0.2, -0.15) is 0 Å². The lowest BCUT2D eigenvalue weighted by Crippen LogP contribution is -1.94. The molecule has 2 heterocycles. The maximum Gasteiger partial charge on any atom is 0.0719 e. The number of hydrogen-bond acceptors (Lipinski definition) is 1. The highest BCUT2D eigenvalue weighted by atomic mass is 32.1. The zero-order valence-electron chi connectivity index (χ0n) is 18.2. The van der Waals surface area contributed by atoms with Crippen LogP contribution in [0.2, 0.25) is 0 Å². The van der Waals surface area contributed by atoms with Gasteiger partial charge in [-0.3, -0.25) is 0 Å². The summed E-state index contributed by atoms with van der Waals surface area (Å²) in [7, 11) is 0. The van der Waals surface area contributed by atoms with E-state index < -0.39 is 0 Å². The fourth-order valence-corrected chi connectivity index (χ4v) is 6.29. The van der Waals surface area contributed by atoms with Crippen molar-refractivity contribution >= 4 is 53.3 Å². The van der Waals surface area contributed by atoms with Crippen molar-refractivity contribution in [3.05, 3.63) is 115 Å². The quantitative estimate of drug-likeness (QED) is 0.253.